The number of rotatable bonds is 6. The average Bonchev–Trinajstić information content (AvgIpc) is 2.94. The molecule has 2 rings (SSSR count). The Morgan fingerprint density at radius 1 is 1.33 bits per heavy atom. The maximum absolute atomic E-state index is 12.3. The predicted molar refractivity (Wildman–Crippen MR) is 85.8 cm³/mol. The summed E-state index contributed by atoms with van der Waals surface area (Å²) < 4.78 is 0. The van der Waals surface area contributed by atoms with Crippen LogP contribution in [0.5, 0.6) is 0 Å². The molecule has 4 heteroatoms. The van der Waals surface area contributed by atoms with Crippen LogP contribution in [0.15, 0.2) is 24.3 Å². The van der Waals surface area contributed by atoms with Crippen molar-refractivity contribution in [1.82, 2.24) is 4.90 Å². The monoisotopic (exact) mass is 290 g/mol. The summed E-state index contributed by atoms with van der Waals surface area (Å²) in [6.45, 7) is 7.49. The molecule has 4 nitrogen and oxygen atoms in total. The molecule has 0 bridgehead atoms. The molecule has 116 valence electrons. The van der Waals surface area contributed by atoms with E-state index in [-0.39, 0.29) is 12.0 Å². The third kappa shape index (κ3) is 3.97. The minimum atomic E-state index is -0.363. The molecule has 21 heavy (non-hydrogen) atoms. The van der Waals surface area contributed by atoms with Gasteiger partial charge in [0.2, 0.25) is 0 Å². The van der Waals surface area contributed by atoms with Crippen molar-refractivity contribution in [3.05, 3.63) is 29.8 Å². The van der Waals surface area contributed by atoms with Crippen LogP contribution in [0.2, 0.25) is 0 Å². The highest BCUT2D eigenvalue weighted by Gasteiger charge is 2.25. The van der Waals surface area contributed by atoms with E-state index in [1.165, 1.54) is 18.5 Å². The number of hydrogen-bond donors (Lipinski definition) is 1. The number of hydrogen-bond acceptors (Lipinski definition) is 3. The van der Waals surface area contributed by atoms with Crippen molar-refractivity contribution in [3.63, 3.8) is 0 Å². The standard InChI is InChI=1S/C17H26N2O2/c1-3-5-11-18(4-2)15-8-6-14(7-9-15)17(21)19-12-10-16(20)13-19/h6-9,16,20H,3-5,10-13H2,1-2H3/t16-/m1/s1. The van der Waals surface area contributed by atoms with Gasteiger partial charge >= 0.3 is 0 Å². The van der Waals surface area contributed by atoms with Crippen LogP contribution in [0.3, 0.4) is 0 Å². The third-order valence-corrected chi connectivity index (χ3v) is 4.09. The van der Waals surface area contributed by atoms with Crippen LogP contribution >= 0.6 is 0 Å². The first-order valence-corrected chi connectivity index (χ1v) is 7.98. The summed E-state index contributed by atoms with van der Waals surface area (Å²) in [7, 11) is 0. The van der Waals surface area contributed by atoms with Crippen LogP contribution in [0.1, 0.15) is 43.5 Å². The lowest BCUT2D eigenvalue weighted by atomic mass is 10.1. The Balaban J connectivity index is 2.02. The van der Waals surface area contributed by atoms with Gasteiger partial charge in [-0.25, -0.2) is 0 Å². The first-order chi connectivity index (χ1) is 10.2. The van der Waals surface area contributed by atoms with Gasteiger partial charge in [-0.2, -0.15) is 0 Å². The Morgan fingerprint density at radius 3 is 2.57 bits per heavy atom. The Bertz CT molecular complexity index is 458. The van der Waals surface area contributed by atoms with Gasteiger partial charge in [-0.1, -0.05) is 13.3 Å². The van der Waals surface area contributed by atoms with E-state index in [1.807, 2.05) is 24.3 Å². The second-order valence-electron chi connectivity index (χ2n) is 5.67. The van der Waals surface area contributed by atoms with Gasteiger partial charge in [-0.3, -0.25) is 4.79 Å². The van der Waals surface area contributed by atoms with Crippen LogP contribution in [-0.4, -0.2) is 48.2 Å². The third-order valence-electron chi connectivity index (χ3n) is 4.09. The number of carbonyl (C=O) groups is 1. The molecular formula is C17H26N2O2. The van der Waals surface area contributed by atoms with Crippen molar-refractivity contribution in [1.29, 1.82) is 0 Å². The van der Waals surface area contributed by atoms with Crippen LogP contribution in [0.25, 0.3) is 0 Å². The highest BCUT2D eigenvalue weighted by atomic mass is 16.3. The number of likely N-dealkylation sites (tertiary alicyclic amines) is 1. The normalized spacial score (nSPS) is 18.0. The largest absolute Gasteiger partial charge is 0.391 e. The summed E-state index contributed by atoms with van der Waals surface area (Å²) >= 11 is 0. The van der Waals surface area contributed by atoms with Crippen molar-refractivity contribution in [2.75, 3.05) is 31.1 Å². The maximum Gasteiger partial charge on any atom is 0.253 e. The number of aliphatic hydroxyl groups excluding tert-OH is 1. The van der Waals surface area contributed by atoms with E-state index >= 15 is 0 Å². The number of nitrogens with zero attached hydrogens (tertiary/aromatic N) is 2. The van der Waals surface area contributed by atoms with Crippen LogP contribution in [0.4, 0.5) is 5.69 Å². The topological polar surface area (TPSA) is 43.8 Å². The van der Waals surface area contributed by atoms with Crippen molar-refractivity contribution in [2.24, 2.45) is 0 Å². The number of β-amino-alcohol motifs (C(OH)–C–C–N with tert-alkyl or cyclic N) is 1. The molecule has 1 N–H and O–H groups in total. The van der Waals surface area contributed by atoms with E-state index in [9.17, 15) is 9.90 Å². The zero-order valence-corrected chi connectivity index (χ0v) is 13.1. The van der Waals surface area contributed by atoms with Crippen molar-refractivity contribution < 1.29 is 9.90 Å². The minimum absolute atomic E-state index is 0.0229. The molecule has 0 radical (unpaired) electrons. The van der Waals surface area contributed by atoms with E-state index < -0.39 is 0 Å². The molecule has 1 atom stereocenters. The maximum atomic E-state index is 12.3. The Kier molecular flexibility index (Phi) is 5.62. The molecule has 1 saturated heterocycles. The molecule has 0 spiro atoms. The summed E-state index contributed by atoms with van der Waals surface area (Å²) in [5.74, 6) is 0.0229. The molecule has 1 fully saturated rings. The SMILES string of the molecule is CCCCN(CC)c1ccc(C(=O)N2CC[C@@H](O)C2)cc1. The molecule has 0 aliphatic carbocycles. The predicted octanol–water partition coefficient (Wildman–Crippen LogP) is 2.52. The van der Waals surface area contributed by atoms with Crippen molar-refractivity contribution in [2.45, 2.75) is 39.2 Å². The number of amides is 1. The average molecular weight is 290 g/mol. The van der Waals surface area contributed by atoms with Gasteiger partial charge in [0, 0.05) is 37.4 Å². The first kappa shape index (κ1) is 15.8. The molecule has 1 aromatic rings. The Morgan fingerprint density at radius 2 is 2.05 bits per heavy atom. The van der Waals surface area contributed by atoms with E-state index in [0.29, 0.717) is 25.1 Å². The Labute approximate surface area is 127 Å². The number of aliphatic hydroxyl groups is 1. The second kappa shape index (κ2) is 7.46. The van der Waals surface area contributed by atoms with Crippen molar-refractivity contribution in [3.8, 4) is 0 Å². The number of anilines is 1. The zero-order valence-electron chi connectivity index (χ0n) is 13.1. The highest BCUT2D eigenvalue weighted by Crippen LogP contribution is 2.18. The Hall–Kier alpha value is -1.55. The molecular weight excluding hydrogens is 264 g/mol. The van der Waals surface area contributed by atoms with Gasteiger partial charge < -0.3 is 14.9 Å². The van der Waals surface area contributed by atoms with Crippen LogP contribution < -0.4 is 4.90 Å². The van der Waals surface area contributed by atoms with Crippen molar-refractivity contribution >= 4 is 11.6 Å². The highest BCUT2D eigenvalue weighted by molar-refractivity contribution is 5.94. The second-order valence-corrected chi connectivity index (χ2v) is 5.67. The first-order valence-electron chi connectivity index (χ1n) is 7.98. The molecule has 0 saturated carbocycles. The fourth-order valence-corrected chi connectivity index (χ4v) is 2.74. The number of carbonyl (C=O) groups excluding carboxylic acids is 1. The number of unbranched alkanes of at least 4 members (excludes halogenated alkanes) is 1. The fraction of sp³-hybridized carbons (Fsp3) is 0.588. The number of benzene rings is 1. The van der Waals surface area contributed by atoms with Gasteiger partial charge in [0.15, 0.2) is 0 Å². The van der Waals surface area contributed by atoms with Gasteiger partial charge in [0.1, 0.15) is 0 Å². The lowest BCUT2D eigenvalue weighted by Gasteiger charge is -2.23. The lowest BCUT2D eigenvalue weighted by molar-refractivity contribution is 0.0765. The van der Waals surface area contributed by atoms with Crippen LogP contribution in [0, 0.1) is 0 Å². The summed E-state index contributed by atoms with van der Waals surface area (Å²) in [4.78, 5) is 16.4. The quantitative estimate of drug-likeness (QED) is 0.875. The molecule has 1 amide bonds. The van der Waals surface area contributed by atoms with Gasteiger partial charge in [-0.05, 0) is 44.0 Å². The molecule has 1 aliphatic rings. The van der Waals surface area contributed by atoms with Gasteiger partial charge in [0.25, 0.3) is 5.91 Å². The summed E-state index contributed by atoms with van der Waals surface area (Å²) in [5, 5.41) is 9.53. The zero-order chi connectivity index (χ0) is 15.2. The summed E-state index contributed by atoms with van der Waals surface area (Å²) in [6.07, 6.45) is 2.69. The molecule has 0 aromatic heterocycles. The molecule has 1 heterocycles. The fourth-order valence-electron chi connectivity index (χ4n) is 2.74. The van der Waals surface area contributed by atoms with E-state index in [2.05, 4.69) is 18.7 Å². The summed E-state index contributed by atoms with van der Waals surface area (Å²) in [6, 6.07) is 7.85. The lowest BCUT2D eigenvalue weighted by Crippen LogP contribution is -2.29. The molecule has 1 aromatic carbocycles. The van der Waals surface area contributed by atoms with E-state index in [1.54, 1.807) is 4.90 Å². The smallest absolute Gasteiger partial charge is 0.253 e. The molecule has 1 aliphatic heterocycles. The minimum Gasteiger partial charge on any atom is -0.391 e. The molecule has 0 unspecified atom stereocenters. The van der Waals surface area contributed by atoms with Gasteiger partial charge in [-0.15, -0.1) is 0 Å². The van der Waals surface area contributed by atoms with E-state index in [0.717, 1.165) is 13.1 Å². The van der Waals surface area contributed by atoms with Gasteiger partial charge in [0.05, 0.1) is 6.10 Å². The van der Waals surface area contributed by atoms with Crippen LogP contribution in [-0.2, 0) is 0 Å². The van der Waals surface area contributed by atoms with E-state index in [4.69, 9.17) is 0 Å². The summed E-state index contributed by atoms with van der Waals surface area (Å²) in [5.41, 5.74) is 1.88.